The predicted octanol–water partition coefficient (Wildman–Crippen LogP) is 1.97. The third-order valence-corrected chi connectivity index (χ3v) is 4.66. The standard InChI is InChI=1S/C17H34N4O/c1-16(2,3)20-15(18)19-13-17(7-5-4-6-8-17)14-21-9-11-22-12-10-21/h4-14H2,1-3H3,(H3,18,19,20). The van der Waals surface area contributed by atoms with E-state index < -0.39 is 0 Å². The Morgan fingerprint density at radius 2 is 1.82 bits per heavy atom. The number of nitrogens with two attached hydrogens (primary N) is 1. The van der Waals surface area contributed by atoms with Gasteiger partial charge < -0.3 is 15.8 Å². The summed E-state index contributed by atoms with van der Waals surface area (Å²) in [5, 5.41) is 3.27. The highest BCUT2D eigenvalue weighted by molar-refractivity contribution is 5.78. The van der Waals surface area contributed by atoms with E-state index in [1.807, 2.05) is 0 Å². The highest BCUT2D eigenvalue weighted by Crippen LogP contribution is 2.37. The van der Waals surface area contributed by atoms with Gasteiger partial charge >= 0.3 is 0 Å². The SMILES string of the molecule is CC(C)(C)NC(N)=NCC1(CN2CCOCC2)CCCCC1. The maximum atomic E-state index is 6.07. The number of ether oxygens (including phenoxy) is 1. The molecular formula is C17H34N4O. The minimum Gasteiger partial charge on any atom is -0.379 e. The van der Waals surface area contributed by atoms with Gasteiger partial charge in [-0.1, -0.05) is 19.3 Å². The first-order valence-corrected chi connectivity index (χ1v) is 8.77. The summed E-state index contributed by atoms with van der Waals surface area (Å²) in [6.45, 7) is 12.2. The summed E-state index contributed by atoms with van der Waals surface area (Å²) in [5.74, 6) is 0.583. The molecule has 128 valence electrons. The van der Waals surface area contributed by atoms with E-state index in [9.17, 15) is 0 Å². The first-order chi connectivity index (χ1) is 10.4. The summed E-state index contributed by atoms with van der Waals surface area (Å²) in [5.41, 5.74) is 6.35. The molecule has 22 heavy (non-hydrogen) atoms. The van der Waals surface area contributed by atoms with Crippen molar-refractivity contribution in [2.75, 3.05) is 39.4 Å². The zero-order valence-electron chi connectivity index (χ0n) is 14.7. The van der Waals surface area contributed by atoms with Crippen molar-refractivity contribution in [1.29, 1.82) is 0 Å². The van der Waals surface area contributed by atoms with E-state index in [-0.39, 0.29) is 5.54 Å². The molecule has 2 aliphatic rings. The molecule has 0 aromatic rings. The van der Waals surface area contributed by atoms with E-state index in [0.717, 1.165) is 39.4 Å². The van der Waals surface area contributed by atoms with E-state index >= 15 is 0 Å². The Hall–Kier alpha value is -0.810. The number of nitrogens with one attached hydrogen (secondary N) is 1. The number of nitrogens with zero attached hydrogens (tertiary/aromatic N) is 2. The lowest BCUT2D eigenvalue weighted by Crippen LogP contribution is -2.48. The highest BCUT2D eigenvalue weighted by Gasteiger charge is 2.34. The molecule has 1 saturated heterocycles. The van der Waals surface area contributed by atoms with Gasteiger partial charge in [0.15, 0.2) is 5.96 Å². The molecule has 2 rings (SSSR count). The molecule has 0 bridgehead atoms. The van der Waals surface area contributed by atoms with Gasteiger partial charge in [-0.15, -0.1) is 0 Å². The predicted molar refractivity (Wildman–Crippen MR) is 92.2 cm³/mol. The van der Waals surface area contributed by atoms with Gasteiger partial charge in [0, 0.05) is 37.1 Å². The molecule has 0 amide bonds. The van der Waals surface area contributed by atoms with Crippen molar-refractivity contribution in [3.63, 3.8) is 0 Å². The average molecular weight is 310 g/mol. The quantitative estimate of drug-likeness (QED) is 0.615. The Morgan fingerprint density at radius 3 is 2.41 bits per heavy atom. The van der Waals surface area contributed by atoms with E-state index in [4.69, 9.17) is 15.5 Å². The maximum absolute atomic E-state index is 6.07. The first kappa shape index (κ1) is 17.5. The van der Waals surface area contributed by atoms with Crippen molar-refractivity contribution >= 4 is 5.96 Å². The maximum Gasteiger partial charge on any atom is 0.189 e. The van der Waals surface area contributed by atoms with Gasteiger partial charge in [-0.3, -0.25) is 9.89 Å². The second-order valence-electron chi connectivity index (χ2n) is 8.03. The van der Waals surface area contributed by atoms with Gasteiger partial charge in [0.2, 0.25) is 0 Å². The topological polar surface area (TPSA) is 62.9 Å². The zero-order chi connectivity index (χ0) is 16.1. The number of rotatable bonds is 4. The van der Waals surface area contributed by atoms with Crippen LogP contribution in [-0.4, -0.2) is 55.8 Å². The Morgan fingerprint density at radius 1 is 1.18 bits per heavy atom. The van der Waals surface area contributed by atoms with Crippen molar-refractivity contribution < 1.29 is 4.74 Å². The number of guanidine groups is 1. The average Bonchev–Trinajstić information content (AvgIpc) is 2.46. The lowest BCUT2D eigenvalue weighted by Gasteiger charge is -2.41. The van der Waals surface area contributed by atoms with Crippen LogP contribution in [-0.2, 0) is 4.74 Å². The third kappa shape index (κ3) is 5.76. The molecule has 1 saturated carbocycles. The highest BCUT2D eigenvalue weighted by atomic mass is 16.5. The molecule has 0 aromatic carbocycles. The van der Waals surface area contributed by atoms with Gasteiger partial charge in [0.25, 0.3) is 0 Å². The van der Waals surface area contributed by atoms with Gasteiger partial charge in [0.05, 0.1) is 13.2 Å². The van der Waals surface area contributed by atoms with Crippen LogP contribution in [0.3, 0.4) is 0 Å². The van der Waals surface area contributed by atoms with Gasteiger partial charge in [-0.25, -0.2) is 0 Å². The van der Waals surface area contributed by atoms with Gasteiger partial charge in [-0.05, 0) is 33.6 Å². The Bertz CT molecular complexity index is 363. The minimum absolute atomic E-state index is 0.0302. The van der Waals surface area contributed by atoms with Crippen LogP contribution in [0.5, 0.6) is 0 Å². The molecule has 1 heterocycles. The largest absolute Gasteiger partial charge is 0.379 e. The Kier molecular flexibility index (Phi) is 6.09. The van der Waals surface area contributed by atoms with Crippen LogP contribution in [0.15, 0.2) is 4.99 Å². The van der Waals surface area contributed by atoms with E-state index in [1.54, 1.807) is 0 Å². The molecule has 0 unspecified atom stereocenters. The number of aliphatic imine (C=N–C) groups is 1. The van der Waals surface area contributed by atoms with Crippen LogP contribution in [0, 0.1) is 5.41 Å². The van der Waals surface area contributed by atoms with Crippen molar-refractivity contribution in [1.82, 2.24) is 10.2 Å². The van der Waals surface area contributed by atoms with Crippen molar-refractivity contribution in [3.05, 3.63) is 0 Å². The fourth-order valence-electron chi connectivity index (χ4n) is 3.58. The van der Waals surface area contributed by atoms with Crippen LogP contribution in [0.4, 0.5) is 0 Å². The van der Waals surface area contributed by atoms with Crippen LogP contribution in [0.2, 0.25) is 0 Å². The summed E-state index contributed by atoms with van der Waals surface area (Å²) < 4.78 is 5.48. The van der Waals surface area contributed by atoms with Gasteiger partial charge in [0.1, 0.15) is 0 Å². The molecule has 1 aliphatic carbocycles. The molecule has 0 radical (unpaired) electrons. The first-order valence-electron chi connectivity index (χ1n) is 8.77. The van der Waals surface area contributed by atoms with Crippen LogP contribution in [0.25, 0.3) is 0 Å². The number of morpholine rings is 1. The summed E-state index contributed by atoms with van der Waals surface area (Å²) in [7, 11) is 0. The van der Waals surface area contributed by atoms with Crippen LogP contribution in [0.1, 0.15) is 52.9 Å². The lowest BCUT2D eigenvalue weighted by molar-refractivity contribution is 0.00938. The van der Waals surface area contributed by atoms with Gasteiger partial charge in [-0.2, -0.15) is 0 Å². The molecule has 5 heteroatoms. The summed E-state index contributed by atoms with van der Waals surface area (Å²) in [4.78, 5) is 7.25. The van der Waals surface area contributed by atoms with Crippen LogP contribution >= 0.6 is 0 Å². The molecule has 2 fully saturated rings. The summed E-state index contributed by atoms with van der Waals surface area (Å²) in [6.07, 6.45) is 6.57. The summed E-state index contributed by atoms with van der Waals surface area (Å²) in [6, 6.07) is 0. The fourth-order valence-corrected chi connectivity index (χ4v) is 3.58. The summed E-state index contributed by atoms with van der Waals surface area (Å²) >= 11 is 0. The molecule has 0 aromatic heterocycles. The van der Waals surface area contributed by atoms with E-state index in [0.29, 0.717) is 11.4 Å². The molecule has 0 atom stereocenters. The monoisotopic (exact) mass is 310 g/mol. The van der Waals surface area contributed by atoms with Crippen molar-refractivity contribution in [3.8, 4) is 0 Å². The second-order valence-corrected chi connectivity index (χ2v) is 8.03. The van der Waals surface area contributed by atoms with Crippen molar-refractivity contribution in [2.24, 2.45) is 16.1 Å². The third-order valence-electron chi connectivity index (χ3n) is 4.66. The van der Waals surface area contributed by atoms with Crippen LogP contribution < -0.4 is 11.1 Å². The number of hydrogen-bond acceptors (Lipinski definition) is 3. The second kappa shape index (κ2) is 7.64. The molecular weight excluding hydrogens is 276 g/mol. The Balaban J connectivity index is 1.97. The fraction of sp³-hybridized carbons (Fsp3) is 0.941. The molecule has 5 nitrogen and oxygen atoms in total. The molecule has 3 N–H and O–H groups in total. The molecule has 0 spiro atoms. The number of hydrogen-bond donors (Lipinski definition) is 2. The molecule has 1 aliphatic heterocycles. The lowest BCUT2D eigenvalue weighted by atomic mass is 9.73. The smallest absolute Gasteiger partial charge is 0.189 e. The van der Waals surface area contributed by atoms with E-state index in [1.165, 1.54) is 32.1 Å². The van der Waals surface area contributed by atoms with E-state index in [2.05, 4.69) is 31.0 Å². The normalized spacial score (nSPS) is 24.2. The zero-order valence-corrected chi connectivity index (χ0v) is 14.7. The van der Waals surface area contributed by atoms with Crippen molar-refractivity contribution in [2.45, 2.75) is 58.4 Å². The Labute approximate surface area is 135 Å². The minimum atomic E-state index is -0.0302.